The second kappa shape index (κ2) is 5.12. The highest BCUT2D eigenvalue weighted by Gasteiger charge is 2.39. The van der Waals surface area contributed by atoms with E-state index in [0.29, 0.717) is 10.6 Å². The van der Waals surface area contributed by atoms with E-state index in [4.69, 9.17) is 11.0 Å². The van der Waals surface area contributed by atoms with E-state index >= 15 is 0 Å². The van der Waals surface area contributed by atoms with Crippen molar-refractivity contribution in [2.45, 2.75) is 11.1 Å². The normalized spacial score (nSPS) is 13.1. The third-order valence-corrected chi connectivity index (χ3v) is 2.95. The van der Waals surface area contributed by atoms with Crippen LogP contribution in [-0.4, -0.2) is 11.9 Å². The summed E-state index contributed by atoms with van der Waals surface area (Å²) < 4.78 is 36.7. The molecule has 1 aromatic carbocycles. The van der Waals surface area contributed by atoms with Crippen LogP contribution in [0, 0.1) is 17.2 Å². The SMILES string of the molecule is N#CC(CSc1ccc(N)cc1)C(F)(F)F. The van der Waals surface area contributed by atoms with Gasteiger partial charge < -0.3 is 5.73 Å². The summed E-state index contributed by atoms with van der Waals surface area (Å²) in [6, 6.07) is 7.73. The molecule has 86 valence electrons. The number of nitrogen functional groups attached to an aromatic ring is 1. The molecule has 6 heteroatoms. The Morgan fingerprint density at radius 1 is 1.31 bits per heavy atom. The molecule has 2 nitrogen and oxygen atoms in total. The van der Waals surface area contributed by atoms with Crippen LogP contribution in [0.25, 0.3) is 0 Å². The summed E-state index contributed by atoms with van der Waals surface area (Å²) in [6.07, 6.45) is -4.46. The van der Waals surface area contributed by atoms with Gasteiger partial charge in [0.1, 0.15) is 0 Å². The van der Waals surface area contributed by atoms with Crippen LogP contribution >= 0.6 is 11.8 Å². The predicted octanol–water partition coefficient (Wildman–Crippen LogP) is 3.06. The quantitative estimate of drug-likeness (QED) is 0.658. The molecule has 1 atom stereocenters. The average Bonchev–Trinajstić information content (AvgIpc) is 2.19. The summed E-state index contributed by atoms with van der Waals surface area (Å²) in [5.74, 6) is -2.24. The molecule has 0 aromatic heterocycles. The Kier molecular flexibility index (Phi) is 4.07. The minimum atomic E-state index is -4.46. The van der Waals surface area contributed by atoms with Crippen LogP contribution in [0.4, 0.5) is 18.9 Å². The number of alkyl halides is 3. The molecule has 1 rings (SSSR count). The lowest BCUT2D eigenvalue weighted by atomic mass is 10.2. The van der Waals surface area contributed by atoms with Crippen molar-refractivity contribution in [1.82, 2.24) is 0 Å². The lowest BCUT2D eigenvalue weighted by molar-refractivity contribution is -0.152. The van der Waals surface area contributed by atoms with Gasteiger partial charge in [-0.1, -0.05) is 0 Å². The lowest BCUT2D eigenvalue weighted by Crippen LogP contribution is -2.23. The van der Waals surface area contributed by atoms with E-state index in [1.165, 1.54) is 6.07 Å². The van der Waals surface area contributed by atoms with Gasteiger partial charge in [-0.05, 0) is 24.3 Å². The molecule has 0 aliphatic rings. The second-order valence-electron chi connectivity index (χ2n) is 3.10. The van der Waals surface area contributed by atoms with E-state index in [-0.39, 0.29) is 5.75 Å². The third-order valence-electron chi connectivity index (χ3n) is 1.85. The van der Waals surface area contributed by atoms with Gasteiger partial charge in [0.2, 0.25) is 0 Å². The van der Waals surface area contributed by atoms with Gasteiger partial charge in [0, 0.05) is 16.3 Å². The number of thioether (sulfide) groups is 1. The maximum Gasteiger partial charge on any atom is 0.405 e. The van der Waals surface area contributed by atoms with Crippen molar-refractivity contribution in [1.29, 1.82) is 5.26 Å². The number of nitriles is 1. The van der Waals surface area contributed by atoms with Crippen molar-refractivity contribution in [3.8, 4) is 6.07 Å². The summed E-state index contributed by atoms with van der Waals surface area (Å²) >= 11 is 0.991. The molecular formula is C10H9F3N2S. The zero-order chi connectivity index (χ0) is 12.2. The molecule has 0 spiro atoms. The molecule has 0 heterocycles. The first-order valence-electron chi connectivity index (χ1n) is 4.38. The monoisotopic (exact) mass is 246 g/mol. The highest BCUT2D eigenvalue weighted by Crippen LogP contribution is 2.31. The number of hydrogen-bond acceptors (Lipinski definition) is 3. The number of hydrogen-bond donors (Lipinski definition) is 1. The van der Waals surface area contributed by atoms with Gasteiger partial charge in [0.05, 0.1) is 6.07 Å². The molecule has 0 aliphatic carbocycles. The second-order valence-corrected chi connectivity index (χ2v) is 4.20. The van der Waals surface area contributed by atoms with Crippen molar-refractivity contribution in [3.05, 3.63) is 24.3 Å². The number of rotatable bonds is 3. The topological polar surface area (TPSA) is 49.8 Å². The van der Waals surface area contributed by atoms with Gasteiger partial charge in [-0.2, -0.15) is 18.4 Å². The van der Waals surface area contributed by atoms with Crippen LogP contribution in [-0.2, 0) is 0 Å². The number of nitrogens with zero attached hydrogens (tertiary/aromatic N) is 1. The number of benzene rings is 1. The van der Waals surface area contributed by atoms with Gasteiger partial charge in [0.15, 0.2) is 5.92 Å². The molecule has 0 aliphatic heterocycles. The molecule has 2 N–H and O–H groups in total. The maximum atomic E-state index is 12.2. The van der Waals surface area contributed by atoms with E-state index < -0.39 is 12.1 Å². The van der Waals surface area contributed by atoms with Gasteiger partial charge in [0.25, 0.3) is 0 Å². The van der Waals surface area contributed by atoms with E-state index in [0.717, 1.165) is 11.8 Å². The Bertz CT molecular complexity index is 381. The van der Waals surface area contributed by atoms with Crippen molar-refractivity contribution in [3.63, 3.8) is 0 Å². The van der Waals surface area contributed by atoms with Gasteiger partial charge in [-0.3, -0.25) is 0 Å². The highest BCUT2D eigenvalue weighted by molar-refractivity contribution is 7.99. The third kappa shape index (κ3) is 3.66. The first-order valence-corrected chi connectivity index (χ1v) is 5.36. The molecule has 1 aromatic rings. The Balaban J connectivity index is 2.57. The maximum absolute atomic E-state index is 12.2. The summed E-state index contributed by atoms with van der Waals surface area (Å²) in [5.41, 5.74) is 5.99. The summed E-state index contributed by atoms with van der Waals surface area (Å²) in [6.45, 7) is 0. The van der Waals surface area contributed by atoms with Crippen molar-refractivity contribution in [2.75, 3.05) is 11.5 Å². The van der Waals surface area contributed by atoms with Gasteiger partial charge >= 0.3 is 6.18 Å². The lowest BCUT2D eigenvalue weighted by Gasteiger charge is -2.12. The Morgan fingerprint density at radius 3 is 2.31 bits per heavy atom. The van der Waals surface area contributed by atoms with Gasteiger partial charge in [-0.15, -0.1) is 11.8 Å². The van der Waals surface area contributed by atoms with Crippen molar-refractivity contribution in [2.24, 2.45) is 5.92 Å². The zero-order valence-corrected chi connectivity index (χ0v) is 8.98. The number of nitrogens with two attached hydrogens (primary N) is 1. The van der Waals surface area contributed by atoms with Crippen molar-refractivity contribution < 1.29 is 13.2 Å². The number of anilines is 1. The van der Waals surface area contributed by atoms with E-state index in [1.807, 2.05) is 0 Å². The van der Waals surface area contributed by atoms with E-state index in [9.17, 15) is 13.2 Å². The van der Waals surface area contributed by atoms with Gasteiger partial charge in [-0.25, -0.2) is 0 Å². The van der Waals surface area contributed by atoms with Crippen molar-refractivity contribution >= 4 is 17.4 Å². The fourth-order valence-corrected chi connectivity index (χ4v) is 1.90. The summed E-state index contributed by atoms with van der Waals surface area (Å²) in [7, 11) is 0. The highest BCUT2D eigenvalue weighted by atomic mass is 32.2. The van der Waals surface area contributed by atoms with Crippen LogP contribution in [0.5, 0.6) is 0 Å². The average molecular weight is 246 g/mol. The smallest absolute Gasteiger partial charge is 0.399 e. The standard InChI is InChI=1S/C10H9F3N2S/c11-10(12,13)7(5-14)6-16-9-3-1-8(15)2-4-9/h1-4,7H,6,15H2. The van der Waals surface area contributed by atoms with Crippen LogP contribution in [0.2, 0.25) is 0 Å². The minimum Gasteiger partial charge on any atom is -0.399 e. The van der Waals surface area contributed by atoms with Crippen LogP contribution in [0.15, 0.2) is 29.2 Å². The predicted molar refractivity (Wildman–Crippen MR) is 56.7 cm³/mol. The molecule has 0 saturated carbocycles. The first kappa shape index (κ1) is 12.7. The zero-order valence-electron chi connectivity index (χ0n) is 8.16. The van der Waals surface area contributed by atoms with Crippen LogP contribution < -0.4 is 5.73 Å². The molecule has 0 saturated heterocycles. The molecule has 0 bridgehead atoms. The summed E-state index contributed by atoms with van der Waals surface area (Å²) in [5, 5.41) is 8.38. The largest absolute Gasteiger partial charge is 0.405 e. The Hall–Kier alpha value is -1.35. The first-order chi connectivity index (χ1) is 7.43. The van der Waals surface area contributed by atoms with E-state index in [2.05, 4.69) is 0 Å². The van der Waals surface area contributed by atoms with Crippen LogP contribution in [0.1, 0.15) is 0 Å². The fourth-order valence-electron chi connectivity index (χ4n) is 0.949. The molecule has 0 fully saturated rings. The molecule has 1 unspecified atom stereocenters. The number of halogens is 3. The Morgan fingerprint density at radius 2 is 1.88 bits per heavy atom. The van der Waals surface area contributed by atoms with Crippen LogP contribution in [0.3, 0.4) is 0 Å². The molecule has 0 radical (unpaired) electrons. The molecule has 0 amide bonds. The molecule has 16 heavy (non-hydrogen) atoms. The summed E-state index contributed by atoms with van der Waals surface area (Å²) in [4.78, 5) is 0.665. The molecular weight excluding hydrogens is 237 g/mol. The minimum absolute atomic E-state index is 0.302. The Labute approximate surface area is 95.2 Å². The fraction of sp³-hybridized carbons (Fsp3) is 0.300. The van der Waals surface area contributed by atoms with E-state index in [1.54, 1.807) is 24.3 Å².